The highest BCUT2D eigenvalue weighted by atomic mass is 19.4. The van der Waals surface area contributed by atoms with Crippen LogP contribution in [0.25, 0.3) is 0 Å². The van der Waals surface area contributed by atoms with Crippen LogP contribution >= 0.6 is 0 Å². The molecule has 0 saturated carbocycles. The molecule has 5 nitrogen and oxygen atoms in total. The van der Waals surface area contributed by atoms with Gasteiger partial charge in [0.2, 0.25) is 0 Å². The Morgan fingerprint density at radius 1 is 0.571 bits per heavy atom. The quantitative estimate of drug-likeness (QED) is 0.231. The van der Waals surface area contributed by atoms with Gasteiger partial charge in [-0.15, -0.1) is 0 Å². The number of rotatable bonds is 13. The van der Waals surface area contributed by atoms with Crippen molar-refractivity contribution < 1.29 is 85.2 Å². The van der Waals surface area contributed by atoms with Crippen molar-refractivity contribution in [1.29, 1.82) is 0 Å². The largest absolute Gasteiger partial charge is 0.459 e. The van der Waals surface area contributed by atoms with Gasteiger partial charge in [-0.1, -0.05) is 0 Å². The summed E-state index contributed by atoms with van der Waals surface area (Å²) >= 11 is 0. The van der Waals surface area contributed by atoms with Gasteiger partial charge in [-0.3, -0.25) is 0 Å². The Bertz CT molecular complexity index is 612. The van der Waals surface area contributed by atoms with Gasteiger partial charge in [0.15, 0.2) is 0 Å². The van der Waals surface area contributed by atoms with E-state index in [-0.39, 0.29) is 0 Å². The predicted octanol–water partition coefficient (Wildman–Crippen LogP) is 5.18. The zero-order valence-electron chi connectivity index (χ0n) is 17.3. The van der Waals surface area contributed by atoms with Crippen molar-refractivity contribution in [2.75, 3.05) is 33.5 Å². The molecule has 1 aliphatic heterocycles. The molecule has 1 fully saturated rings. The minimum atomic E-state index is -6.53. The van der Waals surface area contributed by atoms with Gasteiger partial charge in [0.05, 0.1) is 26.4 Å². The van der Waals surface area contributed by atoms with Crippen LogP contribution in [0, 0.1) is 0 Å². The maximum absolute atomic E-state index is 13.2. The molecule has 2 atom stereocenters. The van der Waals surface area contributed by atoms with Gasteiger partial charge >= 0.3 is 36.0 Å². The van der Waals surface area contributed by atoms with Crippen LogP contribution in [0.1, 0.15) is 12.8 Å². The van der Waals surface area contributed by atoms with Gasteiger partial charge in [0, 0.05) is 20.0 Å². The molecular formula is C16H18F14O5. The molecule has 0 N–H and O–H groups in total. The lowest BCUT2D eigenvalue weighted by molar-refractivity contribution is -0.357. The molecule has 0 aromatic carbocycles. The molecule has 1 heterocycles. The highest BCUT2D eigenvalue weighted by Gasteiger charge is 2.73. The van der Waals surface area contributed by atoms with Crippen molar-refractivity contribution in [3.8, 4) is 0 Å². The third-order valence-corrected chi connectivity index (χ3v) is 4.49. The van der Waals surface area contributed by atoms with E-state index in [0.717, 1.165) is 7.11 Å². The lowest BCUT2D eigenvalue weighted by Crippen LogP contribution is -2.52. The molecule has 1 rings (SSSR count). The molecule has 19 heteroatoms. The number of ether oxygens (including phenoxy) is 5. The highest BCUT2D eigenvalue weighted by molar-refractivity contribution is 4.92. The van der Waals surface area contributed by atoms with E-state index in [1.54, 1.807) is 0 Å². The summed E-state index contributed by atoms with van der Waals surface area (Å²) < 4.78 is 200. The molecule has 2 unspecified atom stereocenters. The topological polar surface area (TPSA) is 46.2 Å². The van der Waals surface area contributed by atoms with E-state index >= 15 is 0 Å². The predicted molar refractivity (Wildman–Crippen MR) is 83.3 cm³/mol. The lowest BCUT2D eigenvalue weighted by Gasteiger charge is -2.28. The molecule has 1 aliphatic rings. The molecule has 35 heavy (non-hydrogen) atoms. The fourth-order valence-electron chi connectivity index (χ4n) is 2.43. The molecule has 0 aliphatic carbocycles. The summed E-state index contributed by atoms with van der Waals surface area (Å²) in [4.78, 5) is 0. The average molecular weight is 556 g/mol. The second-order valence-corrected chi connectivity index (χ2v) is 7.08. The second-order valence-electron chi connectivity index (χ2n) is 7.08. The minimum Gasteiger partial charge on any atom is -0.378 e. The van der Waals surface area contributed by atoms with Crippen LogP contribution in [-0.4, -0.2) is 88.3 Å². The molecule has 0 radical (unpaired) electrons. The number of alkyl halides is 14. The first-order valence-corrected chi connectivity index (χ1v) is 9.24. The summed E-state index contributed by atoms with van der Waals surface area (Å²) in [6, 6.07) is 0. The molecule has 1 saturated heterocycles. The smallest absolute Gasteiger partial charge is 0.378 e. The Morgan fingerprint density at radius 3 is 1.14 bits per heavy atom. The Labute approximate surface area is 187 Å². The van der Waals surface area contributed by atoms with Crippen LogP contribution in [0.3, 0.4) is 0 Å². The standard InChI is InChI=1S/C16H18F14O5/c1-31-10-34-8(6-32-4-2-11(17,18)13(21,22)15(25,26)27)9(35-10)7-33-5-3-12(19,20)14(23,24)16(28,29)30/h8-10H,2-7H2,1H3. The Morgan fingerprint density at radius 2 is 0.886 bits per heavy atom. The highest BCUT2D eigenvalue weighted by Crippen LogP contribution is 2.49. The zero-order chi connectivity index (χ0) is 27.5. The lowest BCUT2D eigenvalue weighted by atomic mass is 10.1. The molecular weight excluding hydrogens is 538 g/mol. The SMILES string of the molecule is COC1OC(COCCC(F)(F)C(F)(F)C(F)(F)F)C(COCCC(F)(F)C(F)(F)C(F)(F)F)O1. The van der Waals surface area contributed by atoms with Gasteiger partial charge in [-0.2, -0.15) is 61.5 Å². The number of methoxy groups -OCH3 is 1. The summed E-state index contributed by atoms with van der Waals surface area (Å²) in [7, 11) is 1.02. The fourth-order valence-corrected chi connectivity index (χ4v) is 2.43. The van der Waals surface area contributed by atoms with E-state index in [9.17, 15) is 61.5 Å². The van der Waals surface area contributed by atoms with Crippen LogP contribution in [0.4, 0.5) is 61.5 Å². The first-order chi connectivity index (χ1) is 15.6. The molecule has 0 spiro atoms. The fraction of sp³-hybridized carbons (Fsp3) is 1.00. The van der Waals surface area contributed by atoms with Gasteiger partial charge < -0.3 is 23.7 Å². The summed E-state index contributed by atoms with van der Waals surface area (Å²) in [6.45, 7) is -5.76. The maximum atomic E-state index is 13.2. The summed E-state index contributed by atoms with van der Waals surface area (Å²) in [5.74, 6) is -23.8. The van der Waals surface area contributed by atoms with E-state index in [1.165, 1.54) is 0 Å². The van der Waals surface area contributed by atoms with E-state index in [2.05, 4.69) is 14.2 Å². The first-order valence-electron chi connectivity index (χ1n) is 9.24. The molecule has 0 amide bonds. The Balaban J connectivity index is 2.58. The van der Waals surface area contributed by atoms with Crippen molar-refractivity contribution in [3.05, 3.63) is 0 Å². The first kappa shape index (κ1) is 31.8. The Hall–Kier alpha value is -1.18. The van der Waals surface area contributed by atoms with Crippen molar-refractivity contribution in [2.24, 2.45) is 0 Å². The van der Waals surface area contributed by atoms with Crippen LogP contribution in [0.15, 0.2) is 0 Å². The number of hydrogen-bond acceptors (Lipinski definition) is 5. The van der Waals surface area contributed by atoms with E-state index in [4.69, 9.17) is 9.47 Å². The van der Waals surface area contributed by atoms with E-state index < -0.39 is 94.0 Å². The van der Waals surface area contributed by atoms with Crippen molar-refractivity contribution in [1.82, 2.24) is 0 Å². The van der Waals surface area contributed by atoms with Gasteiger partial charge in [-0.25, -0.2) is 0 Å². The van der Waals surface area contributed by atoms with E-state index in [1.807, 2.05) is 0 Å². The van der Waals surface area contributed by atoms with Gasteiger partial charge in [0.1, 0.15) is 12.2 Å². The molecule has 0 bridgehead atoms. The van der Waals surface area contributed by atoms with Gasteiger partial charge in [0.25, 0.3) is 6.48 Å². The van der Waals surface area contributed by atoms with Crippen molar-refractivity contribution >= 4 is 0 Å². The van der Waals surface area contributed by atoms with Crippen LogP contribution < -0.4 is 0 Å². The van der Waals surface area contributed by atoms with Crippen LogP contribution in [0.5, 0.6) is 0 Å². The third kappa shape index (κ3) is 7.42. The molecule has 210 valence electrons. The zero-order valence-corrected chi connectivity index (χ0v) is 17.3. The van der Waals surface area contributed by atoms with Crippen LogP contribution in [0.2, 0.25) is 0 Å². The average Bonchev–Trinajstić information content (AvgIpc) is 3.08. The van der Waals surface area contributed by atoms with Crippen molar-refractivity contribution in [2.45, 2.75) is 67.6 Å². The van der Waals surface area contributed by atoms with Crippen molar-refractivity contribution in [3.63, 3.8) is 0 Å². The molecule has 0 aromatic heterocycles. The minimum absolute atomic E-state index is 0.802. The monoisotopic (exact) mass is 556 g/mol. The maximum Gasteiger partial charge on any atom is 0.459 e. The molecule has 0 aromatic rings. The normalized spacial score (nSPS) is 23.2. The summed E-state index contributed by atoms with van der Waals surface area (Å²) in [6.07, 6.45) is -19.9. The third-order valence-electron chi connectivity index (χ3n) is 4.49. The number of hydrogen-bond donors (Lipinski definition) is 0. The number of halogens is 14. The van der Waals surface area contributed by atoms with Crippen LogP contribution in [-0.2, 0) is 23.7 Å². The van der Waals surface area contributed by atoms with Gasteiger partial charge in [-0.05, 0) is 0 Å². The Kier molecular flexibility index (Phi) is 10.1. The second kappa shape index (κ2) is 11.1. The summed E-state index contributed by atoms with van der Waals surface area (Å²) in [5, 5.41) is 0. The summed E-state index contributed by atoms with van der Waals surface area (Å²) in [5.41, 5.74) is 0. The van der Waals surface area contributed by atoms with E-state index in [0.29, 0.717) is 0 Å².